The second-order valence-electron chi connectivity index (χ2n) is 6.21. The molecule has 23 heavy (non-hydrogen) atoms. The lowest BCUT2D eigenvalue weighted by Gasteiger charge is -2.21. The van der Waals surface area contributed by atoms with Crippen LogP contribution in [0.3, 0.4) is 0 Å². The van der Waals surface area contributed by atoms with Crippen LogP contribution in [0.5, 0.6) is 0 Å². The minimum absolute atomic E-state index is 0.0394. The van der Waals surface area contributed by atoms with E-state index in [0.29, 0.717) is 23.1 Å². The van der Waals surface area contributed by atoms with Crippen LogP contribution < -0.4 is 5.73 Å². The van der Waals surface area contributed by atoms with Crippen LogP contribution in [0.25, 0.3) is 10.8 Å². The number of fused-ring (bicyclic) bond motifs is 1. The van der Waals surface area contributed by atoms with Crippen molar-refractivity contribution in [1.82, 2.24) is 4.98 Å². The number of hydrogen-bond acceptors (Lipinski definition) is 4. The van der Waals surface area contributed by atoms with Crippen molar-refractivity contribution in [2.75, 3.05) is 13.2 Å². The van der Waals surface area contributed by atoms with Crippen LogP contribution in [0.15, 0.2) is 24.3 Å². The Morgan fingerprint density at radius 2 is 2.17 bits per heavy atom. The molecule has 0 amide bonds. The minimum Gasteiger partial charge on any atom is -0.381 e. The van der Waals surface area contributed by atoms with Crippen LogP contribution in [-0.2, 0) is 4.74 Å². The average Bonchev–Trinajstić information content (AvgIpc) is 2.55. The number of benzene rings is 1. The number of rotatable bonds is 4. The highest BCUT2D eigenvalue weighted by Gasteiger charge is 2.22. The first-order valence-corrected chi connectivity index (χ1v) is 8.39. The molecule has 0 aliphatic carbocycles. The maximum Gasteiger partial charge on any atom is 0.182 e. The molecule has 0 unspecified atom stereocenters. The van der Waals surface area contributed by atoms with Crippen LogP contribution in [0, 0.1) is 5.92 Å². The first-order valence-electron chi connectivity index (χ1n) is 8.02. The van der Waals surface area contributed by atoms with Crippen molar-refractivity contribution in [3.63, 3.8) is 0 Å². The van der Waals surface area contributed by atoms with Gasteiger partial charge in [-0.1, -0.05) is 23.7 Å². The summed E-state index contributed by atoms with van der Waals surface area (Å²) in [7, 11) is 0. The fourth-order valence-corrected chi connectivity index (χ4v) is 3.30. The molecule has 1 aliphatic heterocycles. The summed E-state index contributed by atoms with van der Waals surface area (Å²) in [5, 5.41) is 2.20. The van der Waals surface area contributed by atoms with Gasteiger partial charge >= 0.3 is 0 Å². The van der Waals surface area contributed by atoms with Crippen molar-refractivity contribution < 1.29 is 9.53 Å². The van der Waals surface area contributed by atoms with Crippen LogP contribution >= 0.6 is 11.6 Å². The van der Waals surface area contributed by atoms with Gasteiger partial charge in [-0.3, -0.25) is 4.79 Å². The number of halogens is 1. The molecule has 0 bridgehead atoms. The summed E-state index contributed by atoms with van der Waals surface area (Å²) in [4.78, 5) is 17.4. The first kappa shape index (κ1) is 16.4. The molecule has 0 spiro atoms. The van der Waals surface area contributed by atoms with Gasteiger partial charge in [0, 0.05) is 31.1 Å². The van der Waals surface area contributed by atoms with Gasteiger partial charge in [0.25, 0.3) is 0 Å². The average molecular weight is 333 g/mol. The van der Waals surface area contributed by atoms with E-state index in [9.17, 15) is 4.79 Å². The third kappa shape index (κ3) is 3.55. The van der Waals surface area contributed by atoms with E-state index in [-0.39, 0.29) is 11.8 Å². The number of ketones is 1. The molecule has 0 radical (unpaired) electrons. The molecule has 1 fully saturated rings. The Balaban J connectivity index is 2.01. The molecule has 0 saturated carbocycles. The van der Waals surface area contributed by atoms with E-state index in [1.165, 1.54) is 0 Å². The summed E-state index contributed by atoms with van der Waals surface area (Å²) in [6.07, 6.45) is 2.33. The molecule has 3 rings (SSSR count). The second kappa shape index (κ2) is 6.95. The van der Waals surface area contributed by atoms with Crippen molar-refractivity contribution in [2.24, 2.45) is 11.7 Å². The van der Waals surface area contributed by atoms with E-state index in [2.05, 4.69) is 4.98 Å². The van der Waals surface area contributed by atoms with Gasteiger partial charge in [0.05, 0.1) is 10.7 Å². The highest BCUT2D eigenvalue weighted by molar-refractivity contribution is 6.36. The second-order valence-corrected chi connectivity index (χ2v) is 6.61. The summed E-state index contributed by atoms with van der Waals surface area (Å²) in [6, 6.07) is 7.30. The van der Waals surface area contributed by atoms with E-state index in [1.54, 1.807) is 6.07 Å². The van der Waals surface area contributed by atoms with Gasteiger partial charge < -0.3 is 10.5 Å². The highest BCUT2D eigenvalue weighted by Crippen LogP contribution is 2.30. The predicted molar refractivity (Wildman–Crippen MR) is 91.8 cm³/mol. The molecule has 1 saturated heterocycles. The molecule has 1 atom stereocenters. The van der Waals surface area contributed by atoms with E-state index in [0.717, 1.165) is 42.5 Å². The number of aromatic nitrogens is 1. The highest BCUT2D eigenvalue weighted by atomic mass is 35.5. The van der Waals surface area contributed by atoms with Gasteiger partial charge in [0.15, 0.2) is 5.78 Å². The quantitative estimate of drug-likeness (QED) is 0.862. The Bertz CT molecular complexity index is 724. The number of nitrogens with zero attached hydrogens (tertiary/aromatic N) is 1. The standard InChI is InChI=1S/C18H21ClN2O2/c1-11(20)15-10-13-3-2-4-14(19)17(13)18(21-15)16(22)9-12-5-7-23-8-6-12/h2-4,10-12H,5-9,20H2,1H3/t11-/m0/s1. The Morgan fingerprint density at radius 3 is 2.87 bits per heavy atom. The fourth-order valence-electron chi connectivity index (χ4n) is 3.03. The molecule has 5 heteroatoms. The van der Waals surface area contributed by atoms with E-state index in [1.807, 2.05) is 25.1 Å². The van der Waals surface area contributed by atoms with Crippen molar-refractivity contribution in [1.29, 1.82) is 0 Å². The number of carbonyl (C=O) groups is 1. The maximum atomic E-state index is 12.9. The van der Waals surface area contributed by atoms with Gasteiger partial charge in [0.1, 0.15) is 5.69 Å². The van der Waals surface area contributed by atoms with Gasteiger partial charge in [-0.2, -0.15) is 0 Å². The van der Waals surface area contributed by atoms with Gasteiger partial charge in [-0.05, 0) is 43.2 Å². The maximum absolute atomic E-state index is 12.9. The lowest BCUT2D eigenvalue weighted by atomic mass is 9.92. The third-order valence-electron chi connectivity index (χ3n) is 4.37. The van der Waals surface area contributed by atoms with Crippen molar-refractivity contribution in [3.05, 3.63) is 40.7 Å². The zero-order valence-corrected chi connectivity index (χ0v) is 14.0. The molecule has 122 valence electrons. The molecular weight excluding hydrogens is 312 g/mol. The van der Waals surface area contributed by atoms with Crippen LogP contribution in [0.2, 0.25) is 5.02 Å². The van der Waals surface area contributed by atoms with Crippen molar-refractivity contribution in [2.45, 2.75) is 32.2 Å². The molecule has 1 aromatic heterocycles. The number of Topliss-reactive ketones (excluding diaryl/α,β-unsaturated/α-hetero) is 1. The Labute approximate surface area is 141 Å². The largest absolute Gasteiger partial charge is 0.381 e. The van der Waals surface area contributed by atoms with E-state index in [4.69, 9.17) is 22.1 Å². The summed E-state index contributed by atoms with van der Waals surface area (Å²) < 4.78 is 5.36. The van der Waals surface area contributed by atoms with E-state index < -0.39 is 0 Å². The Morgan fingerprint density at radius 1 is 1.43 bits per heavy atom. The molecular formula is C18H21ClN2O2. The topological polar surface area (TPSA) is 65.2 Å². The molecule has 4 nitrogen and oxygen atoms in total. The van der Waals surface area contributed by atoms with Crippen LogP contribution in [-0.4, -0.2) is 24.0 Å². The van der Waals surface area contributed by atoms with Crippen LogP contribution in [0.4, 0.5) is 0 Å². The number of pyridine rings is 1. The lowest BCUT2D eigenvalue weighted by Crippen LogP contribution is -2.20. The molecule has 2 heterocycles. The number of hydrogen-bond donors (Lipinski definition) is 1. The summed E-state index contributed by atoms with van der Waals surface area (Å²) in [6.45, 7) is 3.32. The molecule has 2 aromatic rings. The first-order chi connectivity index (χ1) is 11.1. The van der Waals surface area contributed by atoms with Crippen molar-refractivity contribution >= 4 is 28.2 Å². The predicted octanol–water partition coefficient (Wildman–Crippen LogP) is 3.91. The zero-order valence-electron chi connectivity index (χ0n) is 13.2. The molecule has 1 aromatic carbocycles. The van der Waals surface area contributed by atoms with E-state index >= 15 is 0 Å². The zero-order chi connectivity index (χ0) is 16.4. The number of carbonyl (C=O) groups excluding carboxylic acids is 1. The van der Waals surface area contributed by atoms with Gasteiger partial charge in [0.2, 0.25) is 0 Å². The lowest BCUT2D eigenvalue weighted by molar-refractivity contribution is 0.0600. The van der Waals surface area contributed by atoms with Crippen molar-refractivity contribution in [3.8, 4) is 0 Å². The Hall–Kier alpha value is -1.49. The third-order valence-corrected chi connectivity index (χ3v) is 4.69. The Kier molecular flexibility index (Phi) is 4.95. The molecule has 1 aliphatic rings. The SMILES string of the molecule is C[C@H](N)c1cc2cccc(Cl)c2c(C(=O)CC2CCOCC2)n1. The fraction of sp³-hybridized carbons (Fsp3) is 0.444. The van der Waals surface area contributed by atoms with Gasteiger partial charge in [-0.15, -0.1) is 0 Å². The van der Waals surface area contributed by atoms with Gasteiger partial charge in [-0.25, -0.2) is 4.98 Å². The monoisotopic (exact) mass is 332 g/mol. The van der Waals surface area contributed by atoms with Crippen LogP contribution in [0.1, 0.15) is 48.4 Å². The number of ether oxygens (including phenoxy) is 1. The normalized spacial score (nSPS) is 17.3. The number of nitrogens with two attached hydrogens (primary N) is 1. The summed E-state index contributed by atoms with van der Waals surface area (Å²) >= 11 is 6.34. The summed E-state index contributed by atoms with van der Waals surface area (Å²) in [5.74, 6) is 0.395. The minimum atomic E-state index is -0.229. The smallest absolute Gasteiger partial charge is 0.182 e. The molecule has 2 N–H and O–H groups in total. The summed E-state index contributed by atoms with van der Waals surface area (Å²) in [5.41, 5.74) is 7.14.